The highest BCUT2D eigenvalue weighted by Crippen LogP contribution is 2.14. The van der Waals surface area contributed by atoms with Gasteiger partial charge in [-0.2, -0.15) is 0 Å². The maximum absolute atomic E-state index is 11.8. The number of urea groups is 1. The van der Waals surface area contributed by atoms with Gasteiger partial charge in [0.05, 0.1) is 5.52 Å². The molecule has 0 aliphatic heterocycles. The van der Waals surface area contributed by atoms with Gasteiger partial charge in [0, 0.05) is 20.1 Å². The number of amides is 2. The van der Waals surface area contributed by atoms with E-state index in [-0.39, 0.29) is 6.03 Å². The molecule has 6 heteroatoms. The summed E-state index contributed by atoms with van der Waals surface area (Å²) in [6, 6.07) is 14.9. The lowest BCUT2D eigenvalue weighted by molar-refractivity contribution is 0.240. The van der Waals surface area contributed by atoms with Crippen LogP contribution in [0.25, 0.3) is 11.1 Å². The van der Waals surface area contributed by atoms with E-state index in [0.29, 0.717) is 18.7 Å². The largest absolute Gasteiger partial charge is 0.419 e. The average molecular weight is 311 g/mol. The van der Waals surface area contributed by atoms with Crippen molar-refractivity contribution in [1.82, 2.24) is 15.2 Å². The molecule has 118 valence electrons. The van der Waals surface area contributed by atoms with Gasteiger partial charge in [-0.3, -0.25) is 4.57 Å². The minimum Gasteiger partial charge on any atom is -0.408 e. The summed E-state index contributed by atoms with van der Waals surface area (Å²) in [5, 5.41) is 5.57. The van der Waals surface area contributed by atoms with Crippen LogP contribution in [0.3, 0.4) is 0 Å². The van der Waals surface area contributed by atoms with Gasteiger partial charge in [-0.1, -0.05) is 36.4 Å². The lowest BCUT2D eigenvalue weighted by Crippen LogP contribution is -2.34. The standard InChI is InChI=1S/C17H17N3O3/c1-20-14-8-7-13(9-15(14)23-17(20)22)11-19-16(21)18-10-12-5-3-2-4-6-12/h2-9H,10-11H2,1H3,(H2,18,19,21). The molecule has 0 aliphatic carbocycles. The first-order valence-corrected chi connectivity index (χ1v) is 7.27. The molecule has 1 aromatic heterocycles. The third kappa shape index (κ3) is 3.42. The van der Waals surface area contributed by atoms with Gasteiger partial charge >= 0.3 is 11.8 Å². The smallest absolute Gasteiger partial charge is 0.408 e. The summed E-state index contributed by atoms with van der Waals surface area (Å²) in [6.07, 6.45) is 0. The van der Waals surface area contributed by atoms with Gasteiger partial charge in [0.2, 0.25) is 0 Å². The van der Waals surface area contributed by atoms with Crippen LogP contribution >= 0.6 is 0 Å². The summed E-state index contributed by atoms with van der Waals surface area (Å²) < 4.78 is 6.57. The number of nitrogens with one attached hydrogen (secondary N) is 2. The van der Waals surface area contributed by atoms with E-state index < -0.39 is 5.76 Å². The third-order valence-corrected chi connectivity index (χ3v) is 3.61. The quantitative estimate of drug-likeness (QED) is 0.775. The van der Waals surface area contributed by atoms with E-state index in [1.807, 2.05) is 36.4 Å². The Morgan fingerprint density at radius 2 is 1.74 bits per heavy atom. The number of aromatic nitrogens is 1. The Labute approximate surface area is 132 Å². The molecular formula is C17H17N3O3. The van der Waals surface area contributed by atoms with E-state index in [0.717, 1.165) is 16.6 Å². The molecule has 2 amide bonds. The number of fused-ring (bicyclic) bond motifs is 1. The van der Waals surface area contributed by atoms with Gasteiger partial charge < -0.3 is 15.1 Å². The first kappa shape index (κ1) is 14.9. The first-order valence-electron chi connectivity index (χ1n) is 7.27. The van der Waals surface area contributed by atoms with Crippen LogP contribution in [0.4, 0.5) is 4.79 Å². The summed E-state index contributed by atoms with van der Waals surface area (Å²) in [7, 11) is 1.66. The second-order valence-corrected chi connectivity index (χ2v) is 5.25. The molecule has 0 aliphatic rings. The van der Waals surface area contributed by atoms with Crippen molar-refractivity contribution in [2.75, 3.05) is 0 Å². The predicted molar refractivity (Wildman–Crippen MR) is 87.0 cm³/mol. The molecule has 0 saturated heterocycles. The van der Waals surface area contributed by atoms with Gasteiger partial charge in [0.15, 0.2) is 5.58 Å². The summed E-state index contributed by atoms with van der Waals surface area (Å²) in [6.45, 7) is 0.828. The summed E-state index contributed by atoms with van der Waals surface area (Å²) >= 11 is 0. The van der Waals surface area contributed by atoms with E-state index in [9.17, 15) is 9.59 Å². The minimum absolute atomic E-state index is 0.247. The Balaban J connectivity index is 1.57. The van der Waals surface area contributed by atoms with Crippen LogP contribution in [-0.2, 0) is 20.1 Å². The van der Waals surface area contributed by atoms with Gasteiger partial charge in [0.1, 0.15) is 0 Å². The average Bonchev–Trinajstić information content (AvgIpc) is 2.86. The number of benzene rings is 2. The highest BCUT2D eigenvalue weighted by Gasteiger charge is 2.07. The van der Waals surface area contributed by atoms with Gasteiger partial charge in [-0.25, -0.2) is 9.59 Å². The van der Waals surface area contributed by atoms with Gasteiger partial charge in [-0.05, 0) is 23.3 Å². The van der Waals surface area contributed by atoms with E-state index in [2.05, 4.69) is 10.6 Å². The normalized spacial score (nSPS) is 10.7. The summed E-state index contributed by atoms with van der Waals surface area (Å²) in [5.41, 5.74) is 3.14. The molecule has 0 fully saturated rings. The van der Waals surface area contributed by atoms with E-state index in [4.69, 9.17) is 4.42 Å². The number of hydrogen-bond acceptors (Lipinski definition) is 3. The maximum Gasteiger partial charge on any atom is 0.419 e. The number of rotatable bonds is 4. The Kier molecular flexibility index (Phi) is 4.14. The topological polar surface area (TPSA) is 76.3 Å². The molecule has 0 saturated carbocycles. The first-order chi connectivity index (χ1) is 11.1. The van der Waals surface area contributed by atoms with Gasteiger partial charge in [0.25, 0.3) is 0 Å². The molecule has 0 radical (unpaired) electrons. The number of carbonyl (C=O) groups excluding carboxylic acids is 1. The zero-order chi connectivity index (χ0) is 16.2. The van der Waals surface area contributed by atoms with Crippen molar-refractivity contribution in [3.05, 3.63) is 70.2 Å². The fourth-order valence-corrected chi connectivity index (χ4v) is 2.31. The van der Waals surface area contributed by atoms with Crippen LogP contribution in [0.15, 0.2) is 57.7 Å². The monoisotopic (exact) mass is 311 g/mol. The Bertz CT molecular complexity index is 881. The molecule has 2 aromatic carbocycles. The molecule has 3 rings (SSSR count). The van der Waals surface area contributed by atoms with Crippen LogP contribution < -0.4 is 16.4 Å². The predicted octanol–water partition coefficient (Wildman–Crippen LogP) is 2.13. The second kappa shape index (κ2) is 6.39. The van der Waals surface area contributed by atoms with E-state index in [1.165, 1.54) is 4.57 Å². The SMILES string of the molecule is Cn1c(=O)oc2cc(CNC(=O)NCc3ccccc3)ccc21. The molecule has 1 heterocycles. The molecule has 6 nitrogen and oxygen atoms in total. The molecular weight excluding hydrogens is 294 g/mol. The fourth-order valence-electron chi connectivity index (χ4n) is 2.31. The van der Waals surface area contributed by atoms with Crippen LogP contribution in [0.2, 0.25) is 0 Å². The number of hydrogen-bond donors (Lipinski definition) is 2. The number of carbonyl (C=O) groups is 1. The number of nitrogens with zero attached hydrogens (tertiary/aromatic N) is 1. The van der Waals surface area contributed by atoms with Crippen molar-refractivity contribution in [3.63, 3.8) is 0 Å². The summed E-state index contributed by atoms with van der Waals surface area (Å²) in [5.74, 6) is -0.397. The van der Waals surface area contributed by atoms with Crippen LogP contribution in [0.1, 0.15) is 11.1 Å². The van der Waals surface area contributed by atoms with E-state index >= 15 is 0 Å². The Morgan fingerprint density at radius 3 is 2.48 bits per heavy atom. The molecule has 0 atom stereocenters. The third-order valence-electron chi connectivity index (χ3n) is 3.61. The van der Waals surface area contributed by atoms with Crippen molar-refractivity contribution in [1.29, 1.82) is 0 Å². The molecule has 0 spiro atoms. The highest BCUT2D eigenvalue weighted by molar-refractivity contribution is 5.75. The Hall–Kier alpha value is -3.02. The van der Waals surface area contributed by atoms with Crippen LogP contribution in [0, 0.1) is 0 Å². The minimum atomic E-state index is -0.397. The van der Waals surface area contributed by atoms with Crippen molar-refractivity contribution >= 4 is 17.1 Å². The molecule has 3 aromatic rings. The van der Waals surface area contributed by atoms with Crippen molar-refractivity contribution in [2.45, 2.75) is 13.1 Å². The van der Waals surface area contributed by atoms with E-state index in [1.54, 1.807) is 19.2 Å². The lowest BCUT2D eigenvalue weighted by atomic mass is 10.2. The van der Waals surface area contributed by atoms with Crippen molar-refractivity contribution in [3.8, 4) is 0 Å². The second-order valence-electron chi connectivity index (χ2n) is 5.25. The van der Waals surface area contributed by atoms with Gasteiger partial charge in [-0.15, -0.1) is 0 Å². The maximum atomic E-state index is 11.8. The molecule has 0 bridgehead atoms. The molecule has 2 N–H and O–H groups in total. The lowest BCUT2D eigenvalue weighted by Gasteiger charge is -2.08. The molecule has 0 unspecified atom stereocenters. The Morgan fingerprint density at radius 1 is 1.04 bits per heavy atom. The zero-order valence-electron chi connectivity index (χ0n) is 12.7. The van der Waals surface area contributed by atoms with Crippen LogP contribution in [0.5, 0.6) is 0 Å². The molecule has 23 heavy (non-hydrogen) atoms. The van der Waals surface area contributed by atoms with Crippen molar-refractivity contribution < 1.29 is 9.21 Å². The van der Waals surface area contributed by atoms with Crippen molar-refractivity contribution in [2.24, 2.45) is 7.05 Å². The highest BCUT2D eigenvalue weighted by atomic mass is 16.4. The number of aryl methyl sites for hydroxylation is 1. The number of oxazole rings is 1. The zero-order valence-corrected chi connectivity index (χ0v) is 12.7. The fraction of sp³-hybridized carbons (Fsp3) is 0.176. The summed E-state index contributed by atoms with van der Waals surface area (Å²) in [4.78, 5) is 23.3. The van der Waals surface area contributed by atoms with Crippen LogP contribution in [-0.4, -0.2) is 10.6 Å².